The van der Waals surface area contributed by atoms with Gasteiger partial charge in [0.25, 0.3) is 11.8 Å². The van der Waals surface area contributed by atoms with Gasteiger partial charge in [0.15, 0.2) is 12.4 Å². The lowest BCUT2D eigenvalue weighted by Crippen LogP contribution is -2.47. The number of likely N-dealkylation sites (tertiary alicyclic amines) is 1. The number of alkyl halides is 3. The molecule has 0 aromatic carbocycles. The molecule has 208 valence electrons. The number of hydrogen-bond acceptors (Lipinski definition) is 7. The van der Waals surface area contributed by atoms with Crippen molar-refractivity contribution >= 4 is 34.4 Å². The third-order valence-corrected chi connectivity index (χ3v) is 6.22. The normalized spacial score (nSPS) is 14.3. The Balaban J connectivity index is 1.64. The summed E-state index contributed by atoms with van der Waals surface area (Å²) in [6.07, 6.45) is -2.04. The molecule has 0 atom stereocenters. The number of pyridine rings is 2. The molecule has 0 spiro atoms. The van der Waals surface area contributed by atoms with Gasteiger partial charge < -0.3 is 30.4 Å². The second kappa shape index (κ2) is 11.7. The first kappa shape index (κ1) is 27.8. The van der Waals surface area contributed by atoms with Crippen LogP contribution in [-0.2, 0) is 11.2 Å². The molecular formula is C25H27F3N6O5. The molecule has 4 heterocycles. The van der Waals surface area contributed by atoms with Gasteiger partial charge in [-0.1, -0.05) is 13.0 Å². The first-order chi connectivity index (χ1) is 18.6. The van der Waals surface area contributed by atoms with Crippen LogP contribution in [0, 0.1) is 0 Å². The van der Waals surface area contributed by atoms with Crippen LogP contribution in [-0.4, -0.2) is 81.2 Å². The van der Waals surface area contributed by atoms with Crippen molar-refractivity contribution in [3.05, 3.63) is 47.5 Å². The summed E-state index contributed by atoms with van der Waals surface area (Å²) >= 11 is 0. The molecule has 1 saturated heterocycles. The Labute approximate surface area is 220 Å². The Morgan fingerprint density at radius 3 is 2.56 bits per heavy atom. The summed E-state index contributed by atoms with van der Waals surface area (Å²) in [6.45, 7) is 0.163. The fraction of sp³-hybridized carbons (Fsp3) is 0.400. The zero-order valence-corrected chi connectivity index (χ0v) is 21.0. The van der Waals surface area contributed by atoms with E-state index in [1.807, 2.05) is 0 Å². The monoisotopic (exact) mass is 548 g/mol. The Bertz CT molecular complexity index is 1350. The van der Waals surface area contributed by atoms with Crippen molar-refractivity contribution in [2.75, 3.05) is 31.6 Å². The molecule has 14 heteroatoms. The van der Waals surface area contributed by atoms with Crippen LogP contribution < -0.4 is 15.4 Å². The van der Waals surface area contributed by atoms with Crippen molar-refractivity contribution in [3.8, 4) is 5.75 Å². The van der Waals surface area contributed by atoms with E-state index < -0.39 is 37.1 Å². The summed E-state index contributed by atoms with van der Waals surface area (Å²) in [4.78, 5) is 50.2. The molecule has 1 fully saturated rings. The molecule has 1 aliphatic heterocycles. The zero-order chi connectivity index (χ0) is 28.2. The maximum Gasteiger partial charge on any atom is 0.422 e. The van der Waals surface area contributed by atoms with Crippen LogP contribution >= 0.6 is 0 Å². The first-order valence-corrected chi connectivity index (χ1v) is 12.3. The number of aliphatic hydroxyl groups is 1. The minimum Gasteiger partial charge on any atom is -0.481 e. The molecule has 39 heavy (non-hydrogen) atoms. The summed E-state index contributed by atoms with van der Waals surface area (Å²) in [5.74, 6) is -2.00. The molecule has 0 saturated carbocycles. The average molecular weight is 549 g/mol. The second-order valence-corrected chi connectivity index (χ2v) is 8.92. The van der Waals surface area contributed by atoms with E-state index in [0.29, 0.717) is 38.0 Å². The maximum atomic E-state index is 13.2. The van der Waals surface area contributed by atoms with Gasteiger partial charge in [-0.05, 0) is 37.5 Å². The predicted molar refractivity (Wildman–Crippen MR) is 133 cm³/mol. The number of nitrogens with one attached hydrogen (secondary N) is 3. The summed E-state index contributed by atoms with van der Waals surface area (Å²) in [7, 11) is 0. The number of amides is 3. The lowest BCUT2D eigenvalue weighted by Gasteiger charge is -2.32. The maximum absolute atomic E-state index is 13.2. The molecule has 4 rings (SSSR count). The minimum absolute atomic E-state index is 0.0845. The lowest BCUT2D eigenvalue weighted by atomic mass is 10.0. The third-order valence-electron chi connectivity index (χ3n) is 6.22. The number of carbonyl (C=O) groups is 3. The van der Waals surface area contributed by atoms with Gasteiger partial charge in [-0.3, -0.25) is 19.4 Å². The summed E-state index contributed by atoms with van der Waals surface area (Å²) in [5, 5.41) is 14.6. The number of aliphatic hydroxyl groups excluding tert-OH is 1. The van der Waals surface area contributed by atoms with E-state index in [1.165, 1.54) is 23.2 Å². The zero-order valence-electron chi connectivity index (χ0n) is 21.0. The van der Waals surface area contributed by atoms with Gasteiger partial charge in [-0.25, -0.2) is 4.98 Å². The van der Waals surface area contributed by atoms with E-state index in [4.69, 9.17) is 9.84 Å². The van der Waals surface area contributed by atoms with Gasteiger partial charge in [0.05, 0.1) is 16.8 Å². The Morgan fingerprint density at radius 1 is 1.21 bits per heavy atom. The number of ether oxygens (including phenoxy) is 1. The Kier molecular flexibility index (Phi) is 8.33. The quantitative estimate of drug-likeness (QED) is 0.338. The van der Waals surface area contributed by atoms with Gasteiger partial charge in [0.2, 0.25) is 5.91 Å². The molecule has 3 amide bonds. The highest BCUT2D eigenvalue weighted by Crippen LogP contribution is 2.34. The van der Waals surface area contributed by atoms with Crippen molar-refractivity contribution in [2.24, 2.45) is 0 Å². The van der Waals surface area contributed by atoms with Gasteiger partial charge in [0.1, 0.15) is 23.6 Å². The Hall–Kier alpha value is -4.20. The van der Waals surface area contributed by atoms with Crippen molar-refractivity contribution in [2.45, 2.75) is 38.4 Å². The second-order valence-electron chi connectivity index (χ2n) is 8.92. The number of piperidine rings is 1. The molecule has 3 aromatic heterocycles. The Morgan fingerprint density at radius 2 is 1.95 bits per heavy atom. The molecular weight excluding hydrogens is 521 g/mol. The largest absolute Gasteiger partial charge is 0.481 e. The molecule has 0 aliphatic carbocycles. The van der Waals surface area contributed by atoms with Crippen molar-refractivity contribution in [1.82, 2.24) is 25.2 Å². The highest BCUT2D eigenvalue weighted by Gasteiger charge is 2.32. The topological polar surface area (TPSA) is 150 Å². The molecule has 3 aromatic rings. The van der Waals surface area contributed by atoms with Crippen LogP contribution in [0.15, 0.2) is 30.5 Å². The number of fused-ring (bicyclic) bond motifs is 1. The third kappa shape index (κ3) is 6.63. The average Bonchev–Trinajstić information content (AvgIpc) is 3.29. The van der Waals surface area contributed by atoms with Crippen LogP contribution in [0.4, 0.5) is 18.9 Å². The number of aromatic amines is 1. The first-order valence-electron chi connectivity index (χ1n) is 12.3. The van der Waals surface area contributed by atoms with E-state index in [-0.39, 0.29) is 39.9 Å². The summed E-state index contributed by atoms with van der Waals surface area (Å²) in [5.41, 5.74) is 0.681. The summed E-state index contributed by atoms with van der Waals surface area (Å²) < 4.78 is 44.3. The van der Waals surface area contributed by atoms with Gasteiger partial charge in [-0.2, -0.15) is 13.2 Å². The number of aromatic nitrogens is 3. The van der Waals surface area contributed by atoms with E-state index in [0.717, 1.165) is 0 Å². The smallest absolute Gasteiger partial charge is 0.422 e. The molecule has 4 N–H and O–H groups in total. The van der Waals surface area contributed by atoms with Crippen LogP contribution in [0.3, 0.4) is 0 Å². The van der Waals surface area contributed by atoms with Crippen LogP contribution in [0.25, 0.3) is 11.0 Å². The fourth-order valence-corrected chi connectivity index (χ4v) is 4.29. The SMILES string of the molecule is CCc1nc2[nH]c(C(=O)NC3CCN(C(=O)CO)CC3)c(OCC(F)(F)F)c2cc1NC(=O)c1ccccn1. The van der Waals surface area contributed by atoms with Crippen molar-refractivity contribution in [3.63, 3.8) is 0 Å². The highest BCUT2D eigenvalue weighted by atomic mass is 19.4. The molecule has 0 radical (unpaired) electrons. The van der Waals surface area contributed by atoms with Crippen LogP contribution in [0.5, 0.6) is 5.75 Å². The van der Waals surface area contributed by atoms with Gasteiger partial charge in [-0.15, -0.1) is 0 Å². The predicted octanol–water partition coefficient (Wildman–Crippen LogP) is 2.43. The number of anilines is 1. The molecule has 1 aliphatic rings. The van der Waals surface area contributed by atoms with Crippen molar-refractivity contribution < 1.29 is 37.4 Å². The molecule has 0 bridgehead atoms. The van der Waals surface area contributed by atoms with E-state index in [2.05, 4.69) is 25.6 Å². The fourth-order valence-electron chi connectivity index (χ4n) is 4.29. The van der Waals surface area contributed by atoms with Gasteiger partial charge >= 0.3 is 6.18 Å². The lowest BCUT2D eigenvalue weighted by molar-refractivity contribution is -0.153. The number of aryl methyl sites for hydroxylation is 1. The number of rotatable bonds is 8. The van der Waals surface area contributed by atoms with E-state index in [9.17, 15) is 27.6 Å². The number of nitrogens with zero attached hydrogens (tertiary/aromatic N) is 3. The highest BCUT2D eigenvalue weighted by molar-refractivity contribution is 6.06. The standard InChI is InChI=1S/C25H27F3N6O5/c1-2-16-18(32-23(37)17-5-3-4-8-29-17)11-15-21(39-13-25(26,27)28)20(33-22(15)31-16)24(38)30-14-6-9-34(10-7-14)19(36)12-35/h3-5,8,11,14,35H,2,6-7,9-10,12-13H2,1H3,(H,30,38)(H,31,33)(H,32,37). The van der Waals surface area contributed by atoms with Crippen LogP contribution in [0.2, 0.25) is 0 Å². The number of hydrogen-bond donors (Lipinski definition) is 4. The number of carbonyl (C=O) groups excluding carboxylic acids is 3. The van der Waals surface area contributed by atoms with Crippen molar-refractivity contribution in [1.29, 1.82) is 0 Å². The van der Waals surface area contributed by atoms with E-state index in [1.54, 1.807) is 19.1 Å². The van der Waals surface area contributed by atoms with Gasteiger partial charge in [0, 0.05) is 25.3 Å². The number of H-pyrrole nitrogens is 1. The van der Waals surface area contributed by atoms with E-state index >= 15 is 0 Å². The summed E-state index contributed by atoms with van der Waals surface area (Å²) in [6, 6.07) is 5.86. The number of halogens is 3. The molecule has 11 nitrogen and oxygen atoms in total. The minimum atomic E-state index is -4.67. The van der Waals surface area contributed by atoms with Crippen LogP contribution in [0.1, 0.15) is 46.4 Å². The molecule has 0 unspecified atom stereocenters.